The third-order valence-corrected chi connectivity index (χ3v) is 2.79. The number of carbonyl (C=O) groups is 2. The zero-order valence-electron chi connectivity index (χ0n) is 11.5. The van der Waals surface area contributed by atoms with Gasteiger partial charge in [0.05, 0.1) is 12.6 Å². The highest BCUT2D eigenvalue weighted by molar-refractivity contribution is 6.04. The summed E-state index contributed by atoms with van der Waals surface area (Å²) in [6.45, 7) is 4.19. The van der Waals surface area contributed by atoms with Crippen LogP contribution in [0.25, 0.3) is 0 Å². The number of piperazine rings is 1. The second kappa shape index (κ2) is 7.05. The highest BCUT2D eigenvalue weighted by Gasteiger charge is 2.34. The maximum Gasteiger partial charge on any atom is 0.249 e. The summed E-state index contributed by atoms with van der Waals surface area (Å²) in [4.78, 5) is 29.1. The molecular weight excluding hydrogens is 250 g/mol. The van der Waals surface area contributed by atoms with Gasteiger partial charge in [-0.3, -0.25) is 20.3 Å². The number of methoxy groups -OCH3 is 1. The van der Waals surface area contributed by atoms with Crippen molar-refractivity contribution in [2.75, 3.05) is 20.3 Å². The van der Waals surface area contributed by atoms with E-state index in [-0.39, 0.29) is 24.4 Å². The Morgan fingerprint density at radius 3 is 2.89 bits per heavy atom. The van der Waals surface area contributed by atoms with Crippen LogP contribution in [-0.2, 0) is 14.3 Å². The lowest BCUT2D eigenvalue weighted by Crippen LogP contribution is -2.62. The Kier molecular flexibility index (Phi) is 5.71. The number of carbonyl (C=O) groups excluding carboxylic acids is 2. The molecule has 1 rings (SSSR count). The van der Waals surface area contributed by atoms with E-state index in [2.05, 4.69) is 15.7 Å². The van der Waals surface area contributed by atoms with E-state index < -0.39 is 6.04 Å². The van der Waals surface area contributed by atoms with E-state index in [4.69, 9.17) is 10.6 Å². The summed E-state index contributed by atoms with van der Waals surface area (Å²) in [5.41, 5.74) is 2.45. The lowest BCUT2D eigenvalue weighted by atomic mass is 10.1. The average molecular weight is 271 g/mol. The van der Waals surface area contributed by atoms with E-state index >= 15 is 0 Å². The van der Waals surface area contributed by atoms with Crippen molar-refractivity contribution in [3.63, 3.8) is 0 Å². The zero-order valence-corrected chi connectivity index (χ0v) is 11.5. The van der Waals surface area contributed by atoms with Crippen LogP contribution in [0.1, 0.15) is 20.3 Å². The molecule has 0 aromatic rings. The van der Waals surface area contributed by atoms with Gasteiger partial charge >= 0.3 is 0 Å². The van der Waals surface area contributed by atoms with Crippen LogP contribution in [0, 0.1) is 0 Å². The van der Waals surface area contributed by atoms with E-state index in [9.17, 15) is 9.59 Å². The van der Waals surface area contributed by atoms with Crippen LogP contribution in [0.2, 0.25) is 0 Å². The minimum Gasteiger partial charge on any atom is -0.382 e. The molecule has 1 heterocycles. The number of amides is 2. The smallest absolute Gasteiger partial charge is 0.249 e. The standard InChI is InChI=1S/C11H21N5O3/c1-4-8-10(18)14-9(17)5-16(8)11(15-12)13-7(2)6-19-3/h7-8H,4-6,12H2,1-3H3,(H,13,15)(H,14,17,18). The number of ether oxygens (including phenoxy) is 1. The Labute approximate surface area is 112 Å². The zero-order chi connectivity index (χ0) is 14.4. The van der Waals surface area contributed by atoms with E-state index in [1.807, 2.05) is 13.8 Å². The fraction of sp³-hybridized carbons (Fsp3) is 0.727. The van der Waals surface area contributed by atoms with Gasteiger partial charge in [-0.2, -0.15) is 0 Å². The van der Waals surface area contributed by atoms with Crippen molar-refractivity contribution in [2.45, 2.75) is 32.4 Å². The van der Waals surface area contributed by atoms with Gasteiger partial charge in [-0.05, 0) is 13.3 Å². The van der Waals surface area contributed by atoms with Gasteiger partial charge in [0.15, 0.2) is 0 Å². The summed E-state index contributed by atoms with van der Waals surface area (Å²) in [6.07, 6.45) is 0.554. The fourth-order valence-electron chi connectivity index (χ4n) is 1.98. The first-order chi connectivity index (χ1) is 9.03. The van der Waals surface area contributed by atoms with Gasteiger partial charge in [-0.25, -0.2) is 10.8 Å². The topological polar surface area (TPSA) is 109 Å². The van der Waals surface area contributed by atoms with Crippen LogP contribution >= 0.6 is 0 Å². The molecule has 108 valence electrons. The van der Waals surface area contributed by atoms with Gasteiger partial charge in [0.25, 0.3) is 0 Å². The van der Waals surface area contributed by atoms with Gasteiger partial charge in [0.1, 0.15) is 12.6 Å². The first-order valence-electron chi connectivity index (χ1n) is 6.17. The van der Waals surface area contributed by atoms with Crippen molar-refractivity contribution in [2.24, 2.45) is 10.8 Å². The number of hydrogen-bond donors (Lipinski definition) is 3. The average Bonchev–Trinajstić information content (AvgIpc) is 2.35. The van der Waals surface area contributed by atoms with Gasteiger partial charge < -0.3 is 9.64 Å². The highest BCUT2D eigenvalue weighted by Crippen LogP contribution is 2.10. The molecule has 1 saturated heterocycles. The van der Waals surface area contributed by atoms with Crippen molar-refractivity contribution in [3.8, 4) is 0 Å². The number of nitrogens with two attached hydrogens (primary N) is 1. The Morgan fingerprint density at radius 2 is 2.37 bits per heavy atom. The van der Waals surface area contributed by atoms with Crippen LogP contribution < -0.4 is 16.6 Å². The summed E-state index contributed by atoms with van der Waals surface area (Å²) in [6, 6.07) is -0.587. The molecule has 2 atom stereocenters. The summed E-state index contributed by atoms with van der Waals surface area (Å²) < 4.78 is 4.99. The molecule has 2 unspecified atom stereocenters. The Morgan fingerprint density at radius 1 is 1.68 bits per heavy atom. The normalized spacial score (nSPS) is 22.2. The SMILES string of the molecule is CCC1C(=O)NC(=O)CN1C(=NC(C)COC)NN. The molecule has 1 aliphatic rings. The summed E-state index contributed by atoms with van der Waals surface area (Å²) in [5, 5.41) is 2.30. The molecule has 2 amide bonds. The van der Waals surface area contributed by atoms with Gasteiger partial charge in [0, 0.05) is 7.11 Å². The van der Waals surface area contributed by atoms with Gasteiger partial charge in [0.2, 0.25) is 17.8 Å². The van der Waals surface area contributed by atoms with Crippen molar-refractivity contribution in [1.29, 1.82) is 0 Å². The van der Waals surface area contributed by atoms with E-state index in [0.717, 1.165) is 0 Å². The molecule has 0 bridgehead atoms. The Bertz CT molecular complexity index is 371. The molecular formula is C11H21N5O3. The summed E-state index contributed by atoms with van der Waals surface area (Å²) in [5.74, 6) is 5.07. The molecule has 0 aromatic heterocycles. The Hall–Kier alpha value is -1.67. The van der Waals surface area contributed by atoms with E-state index in [0.29, 0.717) is 19.0 Å². The molecule has 0 aliphatic carbocycles. The molecule has 0 spiro atoms. The van der Waals surface area contributed by atoms with E-state index in [1.54, 1.807) is 12.0 Å². The molecule has 19 heavy (non-hydrogen) atoms. The number of imide groups is 1. The molecule has 4 N–H and O–H groups in total. The van der Waals surface area contributed by atoms with Crippen molar-refractivity contribution >= 4 is 17.8 Å². The second-order valence-electron chi connectivity index (χ2n) is 4.37. The van der Waals surface area contributed by atoms with Crippen LogP contribution in [0.4, 0.5) is 0 Å². The van der Waals surface area contributed by atoms with Crippen LogP contribution in [0.5, 0.6) is 0 Å². The number of nitrogens with zero attached hydrogens (tertiary/aromatic N) is 2. The third kappa shape index (κ3) is 3.90. The van der Waals surface area contributed by atoms with E-state index in [1.165, 1.54) is 0 Å². The van der Waals surface area contributed by atoms with Crippen LogP contribution in [0.3, 0.4) is 0 Å². The lowest BCUT2D eigenvalue weighted by molar-refractivity contribution is -0.137. The molecule has 1 aliphatic heterocycles. The van der Waals surface area contributed by atoms with Crippen molar-refractivity contribution < 1.29 is 14.3 Å². The predicted octanol–water partition coefficient (Wildman–Crippen LogP) is -1.42. The predicted molar refractivity (Wildman–Crippen MR) is 70.0 cm³/mol. The van der Waals surface area contributed by atoms with Crippen molar-refractivity contribution in [1.82, 2.24) is 15.6 Å². The van der Waals surface area contributed by atoms with Crippen LogP contribution in [0.15, 0.2) is 4.99 Å². The maximum absolute atomic E-state index is 11.8. The lowest BCUT2D eigenvalue weighted by Gasteiger charge is -2.35. The number of rotatable bonds is 4. The molecule has 0 saturated carbocycles. The molecule has 0 aromatic carbocycles. The minimum absolute atomic E-state index is 0.0486. The Balaban J connectivity index is 2.93. The highest BCUT2D eigenvalue weighted by atomic mass is 16.5. The quantitative estimate of drug-likeness (QED) is 0.190. The molecule has 8 nitrogen and oxygen atoms in total. The van der Waals surface area contributed by atoms with Gasteiger partial charge in [-0.15, -0.1) is 0 Å². The number of guanidine groups is 1. The largest absolute Gasteiger partial charge is 0.382 e. The summed E-state index contributed by atoms with van der Waals surface area (Å²) in [7, 11) is 1.58. The number of hydrogen-bond acceptors (Lipinski definition) is 5. The number of nitrogens with one attached hydrogen (secondary N) is 2. The monoisotopic (exact) mass is 271 g/mol. The molecule has 0 radical (unpaired) electrons. The molecule has 1 fully saturated rings. The minimum atomic E-state index is -0.456. The van der Waals surface area contributed by atoms with Gasteiger partial charge in [-0.1, -0.05) is 6.92 Å². The number of aliphatic imine (C=N–C) groups is 1. The third-order valence-electron chi connectivity index (χ3n) is 2.79. The van der Waals surface area contributed by atoms with Crippen molar-refractivity contribution in [3.05, 3.63) is 0 Å². The van der Waals surface area contributed by atoms with Crippen LogP contribution in [-0.4, -0.2) is 55.0 Å². The summed E-state index contributed by atoms with van der Waals surface area (Å²) >= 11 is 0. The molecule has 8 heteroatoms. The first kappa shape index (κ1) is 15.4. The first-order valence-corrected chi connectivity index (χ1v) is 6.17. The maximum atomic E-state index is 11.8. The fourth-order valence-corrected chi connectivity index (χ4v) is 1.98. The number of hydrazine groups is 1. The second-order valence-corrected chi connectivity index (χ2v) is 4.37.